The molecule has 2 aromatic carbocycles. The molecule has 8 heteroatoms. The van der Waals surface area contributed by atoms with Crippen LogP contribution in [0.2, 0.25) is 5.02 Å². The number of nitrogens with one attached hydrogen (secondary N) is 2. The Hall–Kier alpha value is -2.12. The van der Waals surface area contributed by atoms with E-state index in [1.807, 2.05) is 0 Å². The Bertz CT molecular complexity index is 938. The van der Waals surface area contributed by atoms with E-state index >= 15 is 0 Å². The Balaban J connectivity index is 1.31. The molecule has 2 N–H and O–H groups in total. The van der Waals surface area contributed by atoms with Crippen molar-refractivity contribution >= 4 is 35.2 Å². The van der Waals surface area contributed by atoms with Crippen LogP contribution in [0.5, 0.6) is 0 Å². The molecule has 1 saturated heterocycles. The topological polar surface area (TPSA) is 58.2 Å². The van der Waals surface area contributed by atoms with Gasteiger partial charge in [-0.3, -0.25) is 9.59 Å². The van der Waals surface area contributed by atoms with Crippen LogP contribution in [0, 0.1) is 11.6 Å². The van der Waals surface area contributed by atoms with Crippen LogP contribution in [-0.4, -0.2) is 34.9 Å². The molecule has 2 amide bonds. The summed E-state index contributed by atoms with van der Waals surface area (Å²) in [5.41, 5.74) is 0.900. The molecule has 1 saturated carbocycles. The summed E-state index contributed by atoms with van der Waals surface area (Å²) in [6.45, 7) is 0. The summed E-state index contributed by atoms with van der Waals surface area (Å²) in [7, 11) is 0. The number of thioether (sulfide) groups is 1. The predicted molar refractivity (Wildman–Crippen MR) is 109 cm³/mol. The van der Waals surface area contributed by atoms with Gasteiger partial charge in [-0.25, -0.2) is 8.78 Å². The lowest BCUT2D eigenvalue weighted by Crippen LogP contribution is -2.55. The van der Waals surface area contributed by atoms with Crippen molar-refractivity contribution < 1.29 is 18.4 Å². The average Bonchev–Trinajstić information content (AvgIpc) is 3.43. The fraction of sp³-hybridized carbons (Fsp3) is 0.333. The van der Waals surface area contributed by atoms with Crippen molar-refractivity contribution in [2.45, 2.75) is 36.1 Å². The smallest absolute Gasteiger partial charge is 0.243 e. The monoisotopic (exact) mass is 436 g/mol. The molecule has 2 fully saturated rings. The van der Waals surface area contributed by atoms with Crippen molar-refractivity contribution in [2.75, 3.05) is 5.75 Å². The standard InChI is InChI=1S/C21H19ClF2N2O2S/c22-13-5-3-7-15(24)19(13)12-9-16(12)25-20(27)17-10-29-18(21(28)26-17)8-11-4-1-2-6-14(11)23/h1-7,12,16-18H,8-10H2,(H,25,27)(H,26,28)/t12-,16+,17-,18+/m0/s1. The largest absolute Gasteiger partial charge is 0.351 e. The molecule has 4 rings (SSSR count). The zero-order valence-corrected chi connectivity index (χ0v) is 16.9. The van der Waals surface area contributed by atoms with Gasteiger partial charge in [-0.1, -0.05) is 35.9 Å². The van der Waals surface area contributed by atoms with Crippen molar-refractivity contribution in [1.29, 1.82) is 0 Å². The lowest BCUT2D eigenvalue weighted by atomic mass is 10.1. The predicted octanol–water partition coefficient (Wildman–Crippen LogP) is 3.43. The van der Waals surface area contributed by atoms with Gasteiger partial charge in [-0.15, -0.1) is 11.8 Å². The summed E-state index contributed by atoms with van der Waals surface area (Å²) >= 11 is 7.43. The van der Waals surface area contributed by atoms with E-state index in [1.54, 1.807) is 30.3 Å². The third-order valence-electron chi connectivity index (χ3n) is 5.24. The van der Waals surface area contributed by atoms with Gasteiger partial charge in [0.25, 0.3) is 0 Å². The number of rotatable bonds is 5. The molecular formula is C21H19ClF2N2O2S. The molecule has 4 atom stereocenters. The van der Waals surface area contributed by atoms with Crippen LogP contribution in [0.4, 0.5) is 8.78 Å². The first-order valence-electron chi connectivity index (χ1n) is 9.33. The highest BCUT2D eigenvalue weighted by atomic mass is 35.5. The number of hydrogen-bond acceptors (Lipinski definition) is 3. The van der Waals surface area contributed by atoms with Gasteiger partial charge >= 0.3 is 0 Å². The minimum atomic E-state index is -0.665. The Labute approximate surface area is 176 Å². The van der Waals surface area contributed by atoms with E-state index < -0.39 is 11.3 Å². The number of carbonyl (C=O) groups excluding carboxylic acids is 2. The van der Waals surface area contributed by atoms with E-state index in [4.69, 9.17) is 11.6 Å². The second-order valence-electron chi connectivity index (χ2n) is 7.27. The highest BCUT2D eigenvalue weighted by Crippen LogP contribution is 2.45. The average molecular weight is 437 g/mol. The lowest BCUT2D eigenvalue weighted by molar-refractivity contribution is -0.128. The summed E-state index contributed by atoms with van der Waals surface area (Å²) in [4.78, 5) is 24.9. The number of carbonyl (C=O) groups is 2. The maximum absolute atomic E-state index is 14.0. The molecule has 0 aromatic heterocycles. The van der Waals surface area contributed by atoms with Crippen molar-refractivity contribution in [1.82, 2.24) is 10.6 Å². The second-order valence-corrected chi connectivity index (χ2v) is 8.91. The molecule has 0 bridgehead atoms. The summed E-state index contributed by atoms with van der Waals surface area (Å²) in [5, 5.41) is 5.50. The van der Waals surface area contributed by atoms with Gasteiger partial charge in [0.15, 0.2) is 0 Å². The van der Waals surface area contributed by atoms with Crippen LogP contribution in [-0.2, 0) is 16.0 Å². The SMILES string of the molecule is O=C(N[C@@H]1C[C@@H]1c1c(F)cccc1Cl)[C@@H]1CS[C@H](Cc2ccccc2F)C(=O)N1. The number of amides is 2. The molecule has 0 radical (unpaired) electrons. The molecule has 0 unspecified atom stereocenters. The van der Waals surface area contributed by atoms with Crippen LogP contribution >= 0.6 is 23.4 Å². The Kier molecular flexibility index (Phi) is 5.79. The molecule has 1 heterocycles. The fourth-order valence-electron chi connectivity index (χ4n) is 3.57. The van der Waals surface area contributed by atoms with E-state index in [1.165, 1.54) is 23.9 Å². The molecule has 1 aliphatic heterocycles. The van der Waals surface area contributed by atoms with Gasteiger partial charge in [0, 0.05) is 28.3 Å². The summed E-state index contributed by atoms with van der Waals surface area (Å²) in [5.74, 6) is -1.06. The molecule has 29 heavy (non-hydrogen) atoms. The van der Waals surface area contributed by atoms with Crippen LogP contribution in [0.15, 0.2) is 42.5 Å². The first-order valence-corrected chi connectivity index (χ1v) is 10.8. The maximum Gasteiger partial charge on any atom is 0.243 e. The molecular weight excluding hydrogens is 418 g/mol. The third-order valence-corrected chi connectivity index (χ3v) is 6.88. The van der Waals surface area contributed by atoms with Gasteiger partial charge in [-0.05, 0) is 36.6 Å². The first-order chi connectivity index (χ1) is 13.9. The highest BCUT2D eigenvalue weighted by Gasteiger charge is 2.44. The van der Waals surface area contributed by atoms with Gasteiger partial charge in [0.1, 0.15) is 17.7 Å². The van der Waals surface area contributed by atoms with Crippen molar-refractivity contribution in [3.8, 4) is 0 Å². The zero-order chi connectivity index (χ0) is 20.5. The number of hydrogen-bond donors (Lipinski definition) is 2. The summed E-state index contributed by atoms with van der Waals surface area (Å²) < 4.78 is 27.8. The zero-order valence-electron chi connectivity index (χ0n) is 15.3. The van der Waals surface area contributed by atoms with Gasteiger partial charge in [-0.2, -0.15) is 0 Å². The number of benzene rings is 2. The molecule has 2 aliphatic rings. The minimum absolute atomic E-state index is 0.159. The first kappa shape index (κ1) is 20.2. The van der Waals surface area contributed by atoms with Crippen LogP contribution in [0.25, 0.3) is 0 Å². The highest BCUT2D eigenvalue weighted by molar-refractivity contribution is 8.00. The van der Waals surface area contributed by atoms with Crippen molar-refractivity contribution in [3.63, 3.8) is 0 Å². The quantitative estimate of drug-likeness (QED) is 0.755. The van der Waals surface area contributed by atoms with E-state index in [0.717, 1.165) is 0 Å². The van der Waals surface area contributed by atoms with E-state index in [9.17, 15) is 18.4 Å². The molecule has 152 valence electrons. The molecule has 1 aliphatic carbocycles. The van der Waals surface area contributed by atoms with E-state index in [0.29, 0.717) is 28.3 Å². The number of halogens is 3. The molecule has 2 aromatic rings. The van der Waals surface area contributed by atoms with E-state index in [-0.39, 0.29) is 41.8 Å². The van der Waals surface area contributed by atoms with Gasteiger partial charge in [0.2, 0.25) is 11.8 Å². The van der Waals surface area contributed by atoms with Crippen LogP contribution < -0.4 is 10.6 Å². The van der Waals surface area contributed by atoms with Crippen LogP contribution in [0.3, 0.4) is 0 Å². The summed E-state index contributed by atoms with van der Waals surface area (Å²) in [6.07, 6.45) is 0.879. The van der Waals surface area contributed by atoms with Crippen molar-refractivity contribution in [2.24, 2.45) is 0 Å². The van der Waals surface area contributed by atoms with E-state index in [2.05, 4.69) is 10.6 Å². The third kappa shape index (κ3) is 4.41. The Morgan fingerprint density at radius 3 is 2.66 bits per heavy atom. The summed E-state index contributed by atoms with van der Waals surface area (Å²) in [6, 6.07) is 10.0. The van der Waals surface area contributed by atoms with Crippen molar-refractivity contribution in [3.05, 3.63) is 70.2 Å². The lowest BCUT2D eigenvalue weighted by Gasteiger charge is -2.28. The molecule has 4 nitrogen and oxygen atoms in total. The Morgan fingerprint density at radius 2 is 1.93 bits per heavy atom. The normalized spacial score (nSPS) is 26.0. The Morgan fingerprint density at radius 1 is 1.17 bits per heavy atom. The van der Waals surface area contributed by atoms with Gasteiger partial charge < -0.3 is 10.6 Å². The minimum Gasteiger partial charge on any atom is -0.351 e. The fourth-order valence-corrected chi connectivity index (χ4v) is 5.05. The maximum atomic E-state index is 14.0. The van der Waals surface area contributed by atoms with Crippen LogP contribution in [0.1, 0.15) is 23.5 Å². The second kappa shape index (κ2) is 8.32. The molecule has 0 spiro atoms. The van der Waals surface area contributed by atoms with Gasteiger partial charge in [0.05, 0.1) is 5.25 Å².